The Hall–Kier alpha value is -2.15. The van der Waals surface area contributed by atoms with Gasteiger partial charge in [-0.2, -0.15) is 0 Å². The minimum Gasteiger partial charge on any atom is -0.256 e. The fourth-order valence-electron chi connectivity index (χ4n) is 2.70. The molecule has 19 heavy (non-hydrogen) atoms. The first-order chi connectivity index (χ1) is 9.22. The van der Waals surface area contributed by atoms with Crippen LogP contribution in [0, 0.1) is 13.8 Å². The third-order valence-corrected chi connectivity index (χ3v) is 3.39. The molecular formula is C18H17N. The van der Waals surface area contributed by atoms with Gasteiger partial charge in [-0.3, -0.25) is 4.98 Å². The zero-order chi connectivity index (χ0) is 13.2. The van der Waals surface area contributed by atoms with E-state index in [0.29, 0.717) is 0 Å². The predicted octanol–water partition coefficient (Wildman–Crippen LogP) is 4.44. The monoisotopic (exact) mass is 247 g/mol. The van der Waals surface area contributed by atoms with Crippen molar-refractivity contribution in [2.45, 2.75) is 20.3 Å². The normalized spacial score (nSPS) is 10.8. The van der Waals surface area contributed by atoms with E-state index < -0.39 is 0 Å². The van der Waals surface area contributed by atoms with Gasteiger partial charge in [0.2, 0.25) is 0 Å². The molecule has 0 aliphatic rings. The lowest BCUT2D eigenvalue weighted by Crippen LogP contribution is -1.93. The number of aromatic nitrogens is 1. The molecule has 0 aliphatic carbocycles. The summed E-state index contributed by atoms with van der Waals surface area (Å²) in [4.78, 5) is 4.52. The van der Waals surface area contributed by atoms with Crippen molar-refractivity contribution in [3.05, 3.63) is 77.0 Å². The first-order valence-electron chi connectivity index (χ1n) is 6.62. The average molecular weight is 247 g/mol. The lowest BCUT2D eigenvalue weighted by atomic mass is 9.99. The Bertz CT molecular complexity index is 703. The quantitative estimate of drug-likeness (QED) is 0.652. The van der Waals surface area contributed by atoms with Gasteiger partial charge in [0, 0.05) is 11.6 Å². The third-order valence-electron chi connectivity index (χ3n) is 3.39. The highest BCUT2D eigenvalue weighted by molar-refractivity contribution is 5.81. The standard InChI is InChI=1S/C18H17N/c1-13-9-14(2)11-15(10-13)12-17-6-3-5-16-7-4-8-19-18(16)17/h3-11H,12H2,1-2H3. The van der Waals surface area contributed by atoms with Crippen molar-refractivity contribution < 1.29 is 0 Å². The number of benzene rings is 2. The minimum atomic E-state index is 0.941. The van der Waals surface area contributed by atoms with Gasteiger partial charge in [-0.05, 0) is 37.5 Å². The summed E-state index contributed by atoms with van der Waals surface area (Å²) in [5.41, 5.74) is 6.41. The molecule has 0 spiro atoms. The summed E-state index contributed by atoms with van der Waals surface area (Å²) in [7, 11) is 0. The molecule has 0 unspecified atom stereocenters. The van der Waals surface area contributed by atoms with Crippen LogP contribution in [-0.2, 0) is 6.42 Å². The Morgan fingerprint density at radius 3 is 2.42 bits per heavy atom. The molecule has 3 rings (SSSR count). The second-order valence-electron chi connectivity index (χ2n) is 5.16. The maximum absolute atomic E-state index is 4.52. The molecule has 0 saturated heterocycles. The molecule has 0 N–H and O–H groups in total. The van der Waals surface area contributed by atoms with Crippen LogP contribution in [0.5, 0.6) is 0 Å². The second-order valence-corrected chi connectivity index (χ2v) is 5.16. The molecule has 1 aromatic heterocycles. The van der Waals surface area contributed by atoms with Gasteiger partial charge in [0.25, 0.3) is 0 Å². The molecule has 0 bridgehead atoms. The van der Waals surface area contributed by atoms with Gasteiger partial charge in [0.1, 0.15) is 0 Å². The highest BCUT2D eigenvalue weighted by Gasteiger charge is 2.04. The van der Waals surface area contributed by atoms with Crippen molar-refractivity contribution in [1.29, 1.82) is 0 Å². The van der Waals surface area contributed by atoms with Crippen molar-refractivity contribution in [3.63, 3.8) is 0 Å². The van der Waals surface area contributed by atoms with E-state index >= 15 is 0 Å². The van der Waals surface area contributed by atoms with Crippen LogP contribution in [0.15, 0.2) is 54.7 Å². The molecule has 2 aromatic carbocycles. The lowest BCUT2D eigenvalue weighted by Gasteiger charge is -2.08. The molecular weight excluding hydrogens is 230 g/mol. The maximum Gasteiger partial charge on any atom is 0.0737 e. The molecule has 3 aromatic rings. The highest BCUT2D eigenvalue weighted by Crippen LogP contribution is 2.20. The van der Waals surface area contributed by atoms with E-state index in [2.05, 4.69) is 61.3 Å². The van der Waals surface area contributed by atoms with Gasteiger partial charge in [0.05, 0.1) is 5.52 Å². The molecule has 0 saturated carbocycles. The average Bonchev–Trinajstić information content (AvgIpc) is 2.38. The van der Waals surface area contributed by atoms with E-state index in [1.54, 1.807) is 0 Å². The molecule has 94 valence electrons. The number of pyridine rings is 1. The predicted molar refractivity (Wildman–Crippen MR) is 80.5 cm³/mol. The Kier molecular flexibility index (Phi) is 3.04. The van der Waals surface area contributed by atoms with E-state index in [9.17, 15) is 0 Å². The highest BCUT2D eigenvalue weighted by atomic mass is 14.6. The fraction of sp³-hybridized carbons (Fsp3) is 0.167. The second kappa shape index (κ2) is 4.85. The van der Waals surface area contributed by atoms with Crippen LogP contribution in [0.1, 0.15) is 22.3 Å². The number of fused-ring (bicyclic) bond motifs is 1. The number of hydrogen-bond acceptors (Lipinski definition) is 1. The van der Waals surface area contributed by atoms with Gasteiger partial charge in [0.15, 0.2) is 0 Å². The van der Waals surface area contributed by atoms with Gasteiger partial charge >= 0.3 is 0 Å². The van der Waals surface area contributed by atoms with Gasteiger partial charge < -0.3 is 0 Å². The Labute approximate surface area is 113 Å². The number of aryl methyl sites for hydroxylation is 2. The SMILES string of the molecule is Cc1cc(C)cc(Cc2cccc3cccnc23)c1. The number of rotatable bonds is 2. The van der Waals surface area contributed by atoms with Crippen LogP contribution >= 0.6 is 0 Å². The summed E-state index contributed by atoms with van der Waals surface area (Å²) in [6.45, 7) is 4.30. The molecule has 0 fully saturated rings. The largest absolute Gasteiger partial charge is 0.256 e. The Balaban J connectivity index is 2.05. The zero-order valence-corrected chi connectivity index (χ0v) is 11.4. The molecule has 0 radical (unpaired) electrons. The Morgan fingerprint density at radius 2 is 1.63 bits per heavy atom. The summed E-state index contributed by atoms with van der Waals surface area (Å²) >= 11 is 0. The summed E-state index contributed by atoms with van der Waals surface area (Å²) in [6, 6.07) is 17.2. The van der Waals surface area contributed by atoms with Crippen LogP contribution in [0.3, 0.4) is 0 Å². The lowest BCUT2D eigenvalue weighted by molar-refractivity contribution is 1.17. The smallest absolute Gasteiger partial charge is 0.0737 e. The summed E-state index contributed by atoms with van der Waals surface area (Å²) in [5.74, 6) is 0. The first-order valence-corrected chi connectivity index (χ1v) is 6.62. The van der Waals surface area contributed by atoms with E-state index in [-0.39, 0.29) is 0 Å². The maximum atomic E-state index is 4.52. The fourth-order valence-corrected chi connectivity index (χ4v) is 2.70. The molecule has 1 heteroatoms. The number of nitrogens with zero attached hydrogens (tertiary/aromatic N) is 1. The minimum absolute atomic E-state index is 0.941. The summed E-state index contributed by atoms with van der Waals surface area (Å²) in [5, 5.41) is 1.21. The van der Waals surface area contributed by atoms with Crippen LogP contribution < -0.4 is 0 Å². The molecule has 0 amide bonds. The topological polar surface area (TPSA) is 12.9 Å². The van der Waals surface area contributed by atoms with Gasteiger partial charge in [-0.15, -0.1) is 0 Å². The van der Waals surface area contributed by atoms with Crippen LogP contribution in [0.4, 0.5) is 0 Å². The van der Waals surface area contributed by atoms with E-state index in [4.69, 9.17) is 0 Å². The van der Waals surface area contributed by atoms with Crippen LogP contribution in [-0.4, -0.2) is 4.98 Å². The molecule has 0 atom stereocenters. The summed E-state index contributed by atoms with van der Waals surface area (Å²) in [6.07, 6.45) is 2.81. The summed E-state index contributed by atoms with van der Waals surface area (Å²) < 4.78 is 0. The van der Waals surface area contributed by atoms with E-state index in [1.165, 1.54) is 27.6 Å². The zero-order valence-electron chi connectivity index (χ0n) is 11.4. The van der Waals surface area contributed by atoms with Crippen molar-refractivity contribution in [2.24, 2.45) is 0 Å². The number of para-hydroxylation sites is 1. The number of hydrogen-bond donors (Lipinski definition) is 0. The molecule has 0 aliphatic heterocycles. The molecule has 1 heterocycles. The van der Waals surface area contributed by atoms with Crippen molar-refractivity contribution in [1.82, 2.24) is 4.98 Å². The first kappa shape index (κ1) is 11.9. The van der Waals surface area contributed by atoms with E-state index in [0.717, 1.165) is 11.9 Å². The van der Waals surface area contributed by atoms with E-state index in [1.807, 2.05) is 12.3 Å². The Morgan fingerprint density at radius 1 is 0.895 bits per heavy atom. The third kappa shape index (κ3) is 2.50. The van der Waals surface area contributed by atoms with Crippen molar-refractivity contribution in [2.75, 3.05) is 0 Å². The van der Waals surface area contributed by atoms with Crippen LogP contribution in [0.25, 0.3) is 10.9 Å². The van der Waals surface area contributed by atoms with Crippen LogP contribution in [0.2, 0.25) is 0 Å². The van der Waals surface area contributed by atoms with Gasteiger partial charge in [-0.1, -0.05) is 53.6 Å². The molecule has 1 nitrogen and oxygen atoms in total. The van der Waals surface area contributed by atoms with Crippen molar-refractivity contribution in [3.8, 4) is 0 Å². The van der Waals surface area contributed by atoms with Crippen molar-refractivity contribution >= 4 is 10.9 Å². The van der Waals surface area contributed by atoms with Gasteiger partial charge in [-0.25, -0.2) is 0 Å².